The van der Waals surface area contributed by atoms with Crippen LogP contribution in [0, 0.1) is 27.7 Å². The van der Waals surface area contributed by atoms with E-state index in [-0.39, 0.29) is 35.5 Å². The average Bonchev–Trinajstić information content (AvgIpc) is 1.48. The number of methoxy groups -OCH3 is 3. The van der Waals surface area contributed by atoms with Crippen molar-refractivity contribution in [1.29, 1.82) is 0 Å². The van der Waals surface area contributed by atoms with Crippen molar-refractivity contribution < 1.29 is 43.6 Å². The van der Waals surface area contributed by atoms with Crippen LogP contribution in [-0.2, 0) is 0 Å². The molecule has 0 amide bonds. The molecule has 18 rings (SSSR count). The maximum absolute atomic E-state index is 9.85. The van der Waals surface area contributed by atoms with Gasteiger partial charge in [0.25, 0.3) is 0 Å². The van der Waals surface area contributed by atoms with Gasteiger partial charge in [-0.2, -0.15) is 0 Å². The lowest BCUT2D eigenvalue weighted by molar-refractivity contribution is 0.237. The van der Waals surface area contributed by atoms with Crippen LogP contribution in [0.1, 0.15) is 60.8 Å². The van der Waals surface area contributed by atoms with Crippen molar-refractivity contribution >= 4 is 183 Å². The van der Waals surface area contributed by atoms with Gasteiger partial charge in [0.15, 0.2) is 0 Å². The second-order valence-electron chi connectivity index (χ2n) is 30.7. The Hall–Kier alpha value is -11.4. The molecule has 3 aliphatic heterocycles. The van der Waals surface area contributed by atoms with E-state index in [2.05, 4.69) is 119 Å². The number of hydrogen-bond acceptors (Lipinski definition) is 28. The molecule has 0 radical (unpaired) electrons. The summed E-state index contributed by atoms with van der Waals surface area (Å²) in [4.78, 5) is 25.0. The molecule has 3 fully saturated rings. The molecule has 7 heterocycles. The molecule has 0 bridgehead atoms. The van der Waals surface area contributed by atoms with Crippen molar-refractivity contribution in [2.24, 2.45) is 0 Å². The first-order valence-corrected chi connectivity index (χ1v) is 45.2. The van der Waals surface area contributed by atoms with E-state index in [1.54, 1.807) is 44.6 Å². The quantitative estimate of drug-likeness (QED) is 0.0292. The number of aryl methyl sites for hydroxylation is 4. The molecule has 36 heteroatoms. The van der Waals surface area contributed by atoms with Crippen LogP contribution in [0.2, 0.25) is 20.1 Å². The first kappa shape index (κ1) is 98.6. The number of likely N-dealkylation sites (tertiary alicyclic amines) is 3. The summed E-state index contributed by atoms with van der Waals surface area (Å²) in [5.74, 6) is 6.07. The van der Waals surface area contributed by atoms with Gasteiger partial charge in [-0.25, -0.2) is 19.9 Å². The van der Waals surface area contributed by atoms with Crippen molar-refractivity contribution in [3.8, 4) is 73.6 Å². The number of benzene rings is 11. The number of hydrogen-bond donors (Lipinski definition) is 7. The van der Waals surface area contributed by atoms with Gasteiger partial charge in [-0.15, -0.1) is 53.2 Å². The van der Waals surface area contributed by atoms with Crippen molar-refractivity contribution in [3.63, 3.8) is 0 Å². The normalized spacial score (nSPS) is 12.9. The Kier molecular flexibility index (Phi) is 36.2. The minimum atomic E-state index is -1.56. The number of aromatic hydroxyl groups is 1. The number of aromatic nitrogens is 12. The molecule has 9 N–H and O–H groups in total. The molecule has 4 aromatic heterocycles. The number of rotatable bonds is 23. The number of anilines is 6. The predicted molar refractivity (Wildman–Crippen MR) is 533 cm³/mol. The lowest BCUT2D eigenvalue weighted by atomic mass is 9.80. The van der Waals surface area contributed by atoms with Gasteiger partial charge in [-0.3, -0.25) is 14.7 Å². The Morgan fingerprint density at radius 1 is 0.366 bits per heavy atom. The number of halogens is 7. The second-order valence-corrected chi connectivity index (χ2v) is 34.2. The van der Waals surface area contributed by atoms with Crippen LogP contribution in [0.15, 0.2) is 203 Å². The number of nitrogens with one attached hydrogen (secondary N) is 2. The first-order valence-electron chi connectivity index (χ1n) is 42.1. The number of nitrogens with two attached hydrogens (primary N) is 2. The molecule has 0 unspecified atom stereocenters. The Morgan fingerprint density at radius 3 is 1.07 bits per heavy atom. The van der Waals surface area contributed by atoms with Crippen molar-refractivity contribution in [1.82, 2.24) is 75.4 Å². The third-order valence-electron chi connectivity index (χ3n) is 21.4. The van der Waals surface area contributed by atoms with E-state index in [1.807, 2.05) is 179 Å². The summed E-state index contributed by atoms with van der Waals surface area (Å²) >= 11 is 31.5. The third kappa shape index (κ3) is 28.1. The monoisotopic (exact) mass is 1990 g/mol. The van der Waals surface area contributed by atoms with Crippen LogP contribution in [0.5, 0.6) is 40.2 Å². The van der Waals surface area contributed by atoms with Crippen molar-refractivity contribution in [3.05, 3.63) is 245 Å². The SMILES string of the molecule is Brc1ccc(OCCN2CCCC2)cc1.COc1ccc(Cl)c(-c2cc(C)c3nc(N)nnc3c2)c1.COc1ccc(Cl)c(-c2cc(C)c3nc(Nc4ccc(OCCN5CCCC5)cc4)nnc3c2)c1.COc1ccc(Cl)c(B(O)O)c1.Cc1cc(-c2cc(O)ccc2Cl)cc2nnc(Nc3ccc(OCCN4CCCC4)cc3)nc12.Cc1cc(Br)cc2nnc(N)nc12.Cl. The molecular formula is C95H99BBr2Cl5N19O9. The summed E-state index contributed by atoms with van der Waals surface area (Å²) in [5, 5.41) is 68.9. The summed E-state index contributed by atoms with van der Waals surface area (Å²) in [6.07, 6.45) is 7.86. The molecule has 0 atom stereocenters. The molecule has 680 valence electrons. The fourth-order valence-corrected chi connectivity index (χ4v) is 16.4. The molecule has 0 saturated carbocycles. The van der Waals surface area contributed by atoms with Crippen molar-refractivity contribution in [2.45, 2.75) is 66.2 Å². The number of fused-ring (bicyclic) bond motifs is 4. The van der Waals surface area contributed by atoms with E-state index in [9.17, 15) is 5.11 Å². The van der Waals surface area contributed by atoms with Crippen LogP contribution in [0.4, 0.5) is 35.2 Å². The highest BCUT2D eigenvalue weighted by Gasteiger charge is 2.20. The Morgan fingerprint density at radius 2 is 0.687 bits per heavy atom. The molecule has 3 aliphatic rings. The van der Waals surface area contributed by atoms with Gasteiger partial charge in [0.1, 0.15) is 82.1 Å². The van der Waals surface area contributed by atoms with E-state index >= 15 is 0 Å². The lowest BCUT2D eigenvalue weighted by Crippen LogP contribution is -2.30. The minimum Gasteiger partial charge on any atom is -0.508 e. The van der Waals surface area contributed by atoms with Gasteiger partial charge in [-0.05, 0) is 339 Å². The summed E-state index contributed by atoms with van der Waals surface area (Å²) in [7, 11) is 3.19. The van der Waals surface area contributed by atoms with Gasteiger partial charge >= 0.3 is 7.12 Å². The lowest BCUT2D eigenvalue weighted by Gasteiger charge is -2.15. The Labute approximate surface area is 802 Å². The van der Waals surface area contributed by atoms with Gasteiger partial charge in [0.05, 0.1) is 43.4 Å². The first-order chi connectivity index (χ1) is 62.9. The zero-order valence-electron chi connectivity index (χ0n) is 73.1. The molecule has 3 saturated heterocycles. The summed E-state index contributed by atoms with van der Waals surface area (Å²) < 4.78 is 35.0. The standard InChI is InChI=1S/C27H28ClN5O2.C26H26ClN5O2.C15H13ClN4O.C12H16BrNO.C8H7BrN4.C7H8BClO3.ClH/c1-18-15-19(23-17-22(34-2)9-10-24(23)28)16-25-26(18)30-27(32-31-25)29-20-5-7-21(8-6-20)35-14-13-33-11-3-4-12-33;1-17-14-18(22-16-20(33)6-9-23(22)27)15-24-25(17)29-26(31-30-24)28-19-4-7-21(8-5-19)34-13-12-32-10-2-3-11-32;1-8-5-9(6-13-14(8)18-15(17)20-19-13)11-7-10(21-2)3-4-12(11)16;13-11-3-5-12(6-4-11)15-10-9-14-7-1-2-8-14;1-4-2-5(9)3-6-7(4)11-8(10)13-12-6;1-12-5-2-3-7(9)6(4-5)8(10)11;/h5-10,15-17H,3-4,11-14H2,1-2H3,(H,29,30,32);4-9,14-16,33H,2-3,10-13H2,1H3,(H,28,29,31);3-7H,1-2H3,(H2,17,18,20);3-6H,1-2,7-10H2;2-3H,1H3,(H2,10,11,13);2-4,10-11H,1H3;1H. The Balaban J connectivity index is 0.000000149. The molecule has 0 spiro atoms. The second kappa shape index (κ2) is 48.1. The number of ether oxygens (including phenoxy) is 6. The Bertz CT molecular complexity index is 6370. The molecule has 28 nitrogen and oxygen atoms in total. The highest BCUT2D eigenvalue weighted by molar-refractivity contribution is 9.10. The maximum atomic E-state index is 9.85. The fraction of sp³-hybridized carbons (Fsp3) is 0.263. The number of nitrogen functional groups attached to an aromatic ring is 2. The highest BCUT2D eigenvalue weighted by Crippen LogP contribution is 2.38. The minimum absolute atomic E-state index is 0. The van der Waals surface area contributed by atoms with Crippen LogP contribution in [0.25, 0.3) is 77.5 Å². The van der Waals surface area contributed by atoms with Gasteiger partial charge in [-0.1, -0.05) is 78.3 Å². The summed E-state index contributed by atoms with van der Waals surface area (Å²) in [6, 6.07) is 59.8. The van der Waals surface area contributed by atoms with E-state index in [1.165, 1.54) is 91.0 Å². The highest BCUT2D eigenvalue weighted by atomic mass is 79.9. The van der Waals surface area contributed by atoms with Crippen LogP contribution in [-0.4, -0.2) is 198 Å². The smallest absolute Gasteiger partial charge is 0.490 e. The number of phenolic OH excluding ortho intramolecular Hbond substituents is 1. The third-order valence-corrected chi connectivity index (χ3v) is 23.7. The van der Waals surface area contributed by atoms with E-state index in [0.29, 0.717) is 67.5 Å². The summed E-state index contributed by atoms with van der Waals surface area (Å²) in [6.45, 7) is 20.3. The maximum Gasteiger partial charge on any atom is 0.490 e. The molecule has 11 aromatic carbocycles. The number of nitrogens with zero attached hydrogens (tertiary/aromatic N) is 15. The molecule has 0 aliphatic carbocycles. The van der Waals surface area contributed by atoms with Crippen molar-refractivity contribution in [2.75, 3.05) is 122 Å². The molecule has 131 heavy (non-hydrogen) atoms. The van der Waals surface area contributed by atoms with E-state index < -0.39 is 7.12 Å². The van der Waals surface area contributed by atoms with Gasteiger partial charge in [0, 0.05) is 82.2 Å². The van der Waals surface area contributed by atoms with E-state index in [4.69, 9.17) is 101 Å². The van der Waals surface area contributed by atoms with Crippen LogP contribution < -0.4 is 56.0 Å². The zero-order chi connectivity index (χ0) is 91.7. The molecule has 15 aromatic rings. The van der Waals surface area contributed by atoms with Gasteiger partial charge < -0.3 is 65.7 Å². The number of phenols is 1. The van der Waals surface area contributed by atoms with E-state index in [0.717, 1.165) is 159 Å². The average molecular weight is 2000 g/mol. The van der Waals surface area contributed by atoms with Crippen LogP contribution in [0.3, 0.4) is 0 Å². The molecular weight excluding hydrogens is 1900 g/mol. The van der Waals surface area contributed by atoms with Gasteiger partial charge in [0.2, 0.25) is 23.8 Å². The topological polar surface area (TPSA) is 357 Å². The predicted octanol–water partition coefficient (Wildman–Crippen LogP) is 19.8. The summed E-state index contributed by atoms with van der Waals surface area (Å²) in [5.41, 5.74) is 28.0. The zero-order valence-corrected chi connectivity index (χ0v) is 80.1. The fourth-order valence-electron chi connectivity index (χ4n) is 14.6. The largest absolute Gasteiger partial charge is 0.508 e. The van der Waals surface area contributed by atoms with Crippen LogP contribution >= 0.6 is 90.7 Å².